The van der Waals surface area contributed by atoms with Crippen LogP contribution in [-0.4, -0.2) is 32.9 Å². The zero-order valence-electron chi connectivity index (χ0n) is 16.5. The fraction of sp³-hybridized carbons (Fsp3) is 0.130. The Labute approximate surface area is 188 Å². The molecular formula is C23H17Cl2N3O3. The van der Waals surface area contributed by atoms with Crippen molar-refractivity contribution in [2.45, 2.75) is 19.6 Å². The first kappa shape index (κ1) is 21.0. The highest BCUT2D eigenvalue weighted by Gasteiger charge is 2.27. The van der Waals surface area contributed by atoms with Crippen molar-refractivity contribution in [1.82, 2.24) is 15.0 Å². The normalized spacial score (nSPS) is 12.0. The fourth-order valence-corrected chi connectivity index (χ4v) is 3.70. The molecule has 156 valence electrons. The van der Waals surface area contributed by atoms with Crippen molar-refractivity contribution in [2.75, 3.05) is 0 Å². The molecule has 0 N–H and O–H groups in total. The van der Waals surface area contributed by atoms with E-state index in [0.29, 0.717) is 16.1 Å². The Balaban J connectivity index is 1.68. The lowest BCUT2D eigenvalue weighted by Crippen LogP contribution is -2.32. The minimum absolute atomic E-state index is 0.00420. The Morgan fingerprint density at radius 1 is 1.03 bits per heavy atom. The van der Waals surface area contributed by atoms with Gasteiger partial charge in [0.1, 0.15) is 5.52 Å². The molecule has 0 aliphatic rings. The van der Waals surface area contributed by atoms with Gasteiger partial charge in [0.25, 0.3) is 0 Å². The van der Waals surface area contributed by atoms with E-state index in [1.165, 1.54) is 18.2 Å². The summed E-state index contributed by atoms with van der Waals surface area (Å²) in [5.74, 6) is -1.07. The molecule has 1 aromatic heterocycles. The van der Waals surface area contributed by atoms with Crippen LogP contribution in [0, 0.1) is 6.92 Å². The van der Waals surface area contributed by atoms with E-state index in [4.69, 9.17) is 27.9 Å². The molecule has 0 fully saturated rings. The molecular weight excluding hydrogens is 437 g/mol. The molecule has 0 bridgehead atoms. The monoisotopic (exact) mass is 453 g/mol. The Bertz CT molecular complexity index is 1290. The second kappa shape index (κ2) is 8.88. The van der Waals surface area contributed by atoms with Crippen molar-refractivity contribution < 1.29 is 14.3 Å². The highest BCUT2D eigenvalue weighted by Crippen LogP contribution is 2.23. The summed E-state index contributed by atoms with van der Waals surface area (Å²) in [6, 6.07) is 18.9. The van der Waals surface area contributed by atoms with Gasteiger partial charge in [0.05, 0.1) is 22.6 Å². The molecule has 0 saturated carbocycles. The van der Waals surface area contributed by atoms with Crippen LogP contribution >= 0.6 is 23.2 Å². The van der Waals surface area contributed by atoms with Crippen LogP contribution in [-0.2, 0) is 11.3 Å². The van der Waals surface area contributed by atoms with Crippen molar-refractivity contribution in [2.24, 2.45) is 0 Å². The van der Waals surface area contributed by atoms with Gasteiger partial charge in [-0.1, -0.05) is 64.3 Å². The number of carbonyl (C=O) groups is 2. The summed E-state index contributed by atoms with van der Waals surface area (Å²) in [7, 11) is 0. The van der Waals surface area contributed by atoms with Gasteiger partial charge in [-0.15, -0.1) is 5.10 Å². The summed E-state index contributed by atoms with van der Waals surface area (Å²) < 4.78 is 7.18. The number of benzene rings is 3. The first-order chi connectivity index (χ1) is 14.9. The van der Waals surface area contributed by atoms with Gasteiger partial charge in [-0.3, -0.25) is 4.79 Å². The predicted molar refractivity (Wildman–Crippen MR) is 119 cm³/mol. The van der Waals surface area contributed by atoms with Crippen LogP contribution < -0.4 is 0 Å². The lowest BCUT2D eigenvalue weighted by atomic mass is 10.0. The Morgan fingerprint density at radius 3 is 2.61 bits per heavy atom. The largest absolute Gasteiger partial charge is 0.448 e. The molecule has 8 heteroatoms. The van der Waals surface area contributed by atoms with Crippen molar-refractivity contribution in [1.29, 1.82) is 0 Å². The van der Waals surface area contributed by atoms with Crippen molar-refractivity contribution in [3.8, 4) is 0 Å². The smallest absolute Gasteiger partial charge is 0.340 e. The molecule has 0 unspecified atom stereocenters. The quantitative estimate of drug-likeness (QED) is 0.297. The lowest BCUT2D eigenvalue weighted by Gasteiger charge is -2.18. The van der Waals surface area contributed by atoms with E-state index in [1.54, 1.807) is 22.9 Å². The van der Waals surface area contributed by atoms with E-state index in [9.17, 15) is 9.59 Å². The molecule has 1 heterocycles. The molecule has 0 amide bonds. The van der Waals surface area contributed by atoms with E-state index in [1.807, 2.05) is 37.3 Å². The standard InChI is InChI=1S/C23H17Cl2N3O3/c1-14-5-4-6-15(11-14)22(29)21(13-28-20-8-3-2-7-19(20)26-27-28)31-23(30)17-10-9-16(24)12-18(17)25/h2-12,21H,13H2,1H3/t21-/m0/s1. The van der Waals surface area contributed by atoms with E-state index in [0.717, 1.165) is 11.1 Å². The minimum Gasteiger partial charge on any atom is -0.448 e. The number of nitrogens with zero attached hydrogens (tertiary/aromatic N) is 3. The molecule has 0 radical (unpaired) electrons. The maximum Gasteiger partial charge on any atom is 0.340 e. The first-order valence-corrected chi connectivity index (χ1v) is 10.2. The molecule has 6 nitrogen and oxygen atoms in total. The van der Waals surface area contributed by atoms with Gasteiger partial charge in [0.2, 0.25) is 5.78 Å². The molecule has 4 rings (SSSR count). The van der Waals surface area contributed by atoms with Crippen molar-refractivity contribution in [3.63, 3.8) is 0 Å². The zero-order valence-corrected chi connectivity index (χ0v) is 18.0. The highest BCUT2D eigenvalue weighted by atomic mass is 35.5. The van der Waals surface area contributed by atoms with Crippen LogP contribution in [0.2, 0.25) is 10.0 Å². The molecule has 1 atom stereocenters. The van der Waals surface area contributed by atoms with Crippen molar-refractivity contribution in [3.05, 3.63) is 93.5 Å². The average molecular weight is 454 g/mol. The number of hydrogen-bond donors (Lipinski definition) is 0. The summed E-state index contributed by atoms with van der Waals surface area (Å²) in [6.45, 7) is 1.89. The number of aryl methyl sites for hydroxylation is 1. The van der Waals surface area contributed by atoms with Gasteiger partial charge in [-0.25, -0.2) is 9.48 Å². The third-order valence-electron chi connectivity index (χ3n) is 4.75. The molecule has 0 saturated heterocycles. The molecule has 4 aromatic rings. The number of para-hydroxylation sites is 1. The second-order valence-electron chi connectivity index (χ2n) is 7.01. The topological polar surface area (TPSA) is 74.1 Å². The number of carbonyl (C=O) groups excluding carboxylic acids is 2. The van der Waals surface area contributed by atoms with Crippen LogP contribution in [0.3, 0.4) is 0 Å². The fourth-order valence-electron chi connectivity index (χ4n) is 3.21. The van der Waals surface area contributed by atoms with E-state index >= 15 is 0 Å². The van der Waals surface area contributed by atoms with Crippen LogP contribution in [0.5, 0.6) is 0 Å². The van der Waals surface area contributed by atoms with Crippen molar-refractivity contribution >= 4 is 46.0 Å². The number of aromatic nitrogens is 3. The summed E-state index contributed by atoms with van der Waals surface area (Å²) in [6.07, 6.45) is -1.13. The molecule has 31 heavy (non-hydrogen) atoms. The Hall–Kier alpha value is -3.22. The molecule has 0 aliphatic heterocycles. The number of rotatable bonds is 6. The third kappa shape index (κ3) is 4.60. The van der Waals surface area contributed by atoms with Crippen LogP contribution in [0.25, 0.3) is 11.0 Å². The van der Waals surface area contributed by atoms with Gasteiger partial charge < -0.3 is 4.74 Å². The van der Waals surface area contributed by atoms with E-state index in [-0.39, 0.29) is 22.9 Å². The van der Waals surface area contributed by atoms with Crippen LogP contribution in [0.1, 0.15) is 26.3 Å². The van der Waals surface area contributed by atoms with Gasteiger partial charge in [-0.05, 0) is 43.3 Å². The minimum atomic E-state index is -1.13. The first-order valence-electron chi connectivity index (χ1n) is 9.47. The van der Waals surface area contributed by atoms with Gasteiger partial charge >= 0.3 is 5.97 Å². The molecule has 3 aromatic carbocycles. The number of hydrogen-bond acceptors (Lipinski definition) is 5. The maximum atomic E-state index is 13.3. The number of Topliss-reactive ketones (excluding diaryl/α,β-unsaturated/α-hetero) is 1. The van der Waals surface area contributed by atoms with Gasteiger partial charge in [-0.2, -0.15) is 0 Å². The number of fused-ring (bicyclic) bond motifs is 1. The lowest BCUT2D eigenvalue weighted by molar-refractivity contribution is 0.0245. The molecule has 0 aliphatic carbocycles. The van der Waals surface area contributed by atoms with Gasteiger partial charge in [0.15, 0.2) is 6.10 Å². The van der Waals surface area contributed by atoms with E-state index < -0.39 is 12.1 Å². The summed E-state index contributed by atoms with van der Waals surface area (Å²) in [5, 5.41) is 8.76. The van der Waals surface area contributed by atoms with Crippen LogP contribution in [0.4, 0.5) is 0 Å². The zero-order chi connectivity index (χ0) is 22.0. The summed E-state index contributed by atoms with van der Waals surface area (Å²) in [4.78, 5) is 26.1. The Kier molecular flexibility index (Phi) is 6.02. The Morgan fingerprint density at radius 2 is 1.84 bits per heavy atom. The summed E-state index contributed by atoms with van der Waals surface area (Å²) in [5.41, 5.74) is 2.88. The SMILES string of the molecule is Cc1cccc(C(=O)[C@H](Cn2nnc3ccccc32)OC(=O)c2ccc(Cl)cc2Cl)c1. The number of ketones is 1. The van der Waals surface area contributed by atoms with Gasteiger partial charge in [0, 0.05) is 10.6 Å². The second-order valence-corrected chi connectivity index (χ2v) is 7.86. The number of esters is 1. The van der Waals surface area contributed by atoms with Crippen LogP contribution in [0.15, 0.2) is 66.7 Å². The number of ether oxygens (including phenoxy) is 1. The predicted octanol–water partition coefficient (Wildman–Crippen LogP) is 5.16. The third-order valence-corrected chi connectivity index (χ3v) is 5.30. The van der Waals surface area contributed by atoms with E-state index in [2.05, 4.69) is 10.3 Å². The summed E-state index contributed by atoms with van der Waals surface area (Å²) >= 11 is 12.1. The highest BCUT2D eigenvalue weighted by molar-refractivity contribution is 6.36. The average Bonchev–Trinajstić information content (AvgIpc) is 3.15. The maximum absolute atomic E-state index is 13.3. The molecule has 0 spiro atoms. The number of halogens is 2.